The number of imidazole rings is 1. The summed E-state index contributed by atoms with van der Waals surface area (Å²) in [7, 11) is -3.55. The highest BCUT2D eigenvalue weighted by Crippen LogP contribution is 2.40. The van der Waals surface area contributed by atoms with E-state index in [1.807, 2.05) is 0 Å². The molecule has 0 saturated heterocycles. The maximum Gasteiger partial charge on any atom is 0.259 e. The molecule has 1 heterocycles. The van der Waals surface area contributed by atoms with Crippen LogP contribution in [0.15, 0.2) is 35.7 Å². The van der Waals surface area contributed by atoms with Gasteiger partial charge in [0.05, 0.1) is 6.33 Å². The third-order valence-corrected chi connectivity index (χ3v) is 5.93. The van der Waals surface area contributed by atoms with Crippen molar-refractivity contribution in [3.8, 4) is 11.5 Å². The van der Waals surface area contributed by atoms with Crippen molar-refractivity contribution in [3.63, 3.8) is 0 Å². The summed E-state index contributed by atoms with van der Waals surface area (Å²) >= 11 is 0. The second kappa shape index (κ2) is 6.82. The molecule has 1 aliphatic carbocycles. The first-order valence-corrected chi connectivity index (χ1v) is 9.44. The maximum absolute atomic E-state index is 12.0. The van der Waals surface area contributed by atoms with Crippen LogP contribution in [0.4, 0.5) is 0 Å². The van der Waals surface area contributed by atoms with E-state index in [-0.39, 0.29) is 28.4 Å². The second-order valence-corrected chi connectivity index (χ2v) is 7.93. The minimum Gasteiger partial charge on any atom is -0.508 e. The molecule has 0 radical (unpaired) electrons. The molecule has 0 unspecified atom stereocenters. The van der Waals surface area contributed by atoms with Crippen LogP contribution in [0, 0.1) is 5.92 Å². The molecule has 1 aromatic carbocycles. The zero-order valence-corrected chi connectivity index (χ0v) is 14.0. The molecule has 0 amide bonds. The molecule has 3 rings (SSSR count). The van der Waals surface area contributed by atoms with Crippen LogP contribution in [0.3, 0.4) is 0 Å². The lowest BCUT2D eigenvalue weighted by molar-refractivity contribution is 0.320. The Bertz CT molecular complexity index is 782. The molecule has 8 heteroatoms. The number of phenolic OH excluding ortho intramolecular Hbond substituents is 2. The number of hydrogen-bond acceptors (Lipinski definition) is 5. The van der Waals surface area contributed by atoms with Crippen molar-refractivity contribution in [3.05, 3.63) is 36.3 Å². The SMILES string of the molecule is O=S(=O)(NCC1CCC(c2ccc(O)cc2O)CC1)c1c[nH]cn1. The van der Waals surface area contributed by atoms with Crippen molar-refractivity contribution in [2.24, 2.45) is 5.92 Å². The average molecular weight is 351 g/mol. The lowest BCUT2D eigenvalue weighted by Crippen LogP contribution is -2.31. The van der Waals surface area contributed by atoms with Crippen LogP contribution in [-0.2, 0) is 10.0 Å². The number of phenols is 2. The molecule has 1 aliphatic rings. The number of H-pyrrole nitrogens is 1. The number of rotatable bonds is 5. The van der Waals surface area contributed by atoms with Crippen molar-refractivity contribution in [2.75, 3.05) is 6.54 Å². The topological polar surface area (TPSA) is 115 Å². The van der Waals surface area contributed by atoms with Gasteiger partial charge in [-0.15, -0.1) is 0 Å². The molecule has 1 fully saturated rings. The molecule has 1 aromatic heterocycles. The molecule has 0 aliphatic heterocycles. The van der Waals surface area contributed by atoms with Gasteiger partial charge in [0.25, 0.3) is 10.0 Å². The van der Waals surface area contributed by atoms with Gasteiger partial charge in [-0.2, -0.15) is 0 Å². The fourth-order valence-corrected chi connectivity index (χ4v) is 4.27. The highest BCUT2D eigenvalue weighted by molar-refractivity contribution is 7.89. The molecular formula is C16H21N3O4S. The van der Waals surface area contributed by atoms with Gasteiger partial charge in [-0.25, -0.2) is 18.1 Å². The number of nitrogens with zero attached hydrogens (tertiary/aromatic N) is 1. The fraction of sp³-hybridized carbons (Fsp3) is 0.438. The molecule has 0 atom stereocenters. The summed E-state index contributed by atoms with van der Waals surface area (Å²) in [5, 5.41) is 19.3. The van der Waals surface area contributed by atoms with Crippen molar-refractivity contribution >= 4 is 10.0 Å². The van der Waals surface area contributed by atoms with Crippen LogP contribution >= 0.6 is 0 Å². The quantitative estimate of drug-likeness (QED) is 0.658. The normalized spacial score (nSPS) is 21.7. The molecule has 130 valence electrons. The summed E-state index contributed by atoms with van der Waals surface area (Å²) in [5.74, 6) is 0.689. The first-order valence-electron chi connectivity index (χ1n) is 7.96. The minimum absolute atomic E-state index is 0.00482. The van der Waals surface area contributed by atoms with E-state index in [0.29, 0.717) is 6.54 Å². The van der Waals surface area contributed by atoms with E-state index < -0.39 is 10.0 Å². The summed E-state index contributed by atoms with van der Waals surface area (Å²) in [6, 6.07) is 4.70. The van der Waals surface area contributed by atoms with E-state index in [4.69, 9.17) is 0 Å². The van der Waals surface area contributed by atoms with Gasteiger partial charge in [-0.05, 0) is 49.1 Å². The Labute approximate surface area is 140 Å². The molecule has 2 aromatic rings. The summed E-state index contributed by atoms with van der Waals surface area (Å²) in [6.07, 6.45) is 6.22. The monoisotopic (exact) mass is 351 g/mol. The Hall–Kier alpha value is -2.06. The molecule has 4 N–H and O–H groups in total. The molecule has 0 spiro atoms. The molecular weight excluding hydrogens is 330 g/mol. The van der Waals surface area contributed by atoms with E-state index in [9.17, 15) is 18.6 Å². The Morgan fingerprint density at radius 3 is 2.58 bits per heavy atom. The number of aromatic hydroxyl groups is 2. The van der Waals surface area contributed by atoms with Gasteiger partial charge in [0, 0.05) is 18.8 Å². The van der Waals surface area contributed by atoms with E-state index >= 15 is 0 Å². The summed E-state index contributed by atoms with van der Waals surface area (Å²) in [5.41, 5.74) is 0.850. The molecule has 1 saturated carbocycles. The first kappa shape index (κ1) is 16.8. The Morgan fingerprint density at radius 1 is 1.21 bits per heavy atom. The Kier molecular flexibility index (Phi) is 4.77. The van der Waals surface area contributed by atoms with Crippen molar-refractivity contribution in [1.29, 1.82) is 0 Å². The largest absolute Gasteiger partial charge is 0.508 e. The molecule has 7 nitrogen and oxygen atoms in total. The van der Waals surface area contributed by atoms with Gasteiger partial charge < -0.3 is 15.2 Å². The van der Waals surface area contributed by atoms with Crippen LogP contribution in [0.1, 0.15) is 37.2 Å². The van der Waals surface area contributed by atoms with Crippen LogP contribution in [-0.4, -0.2) is 35.1 Å². The summed E-state index contributed by atoms with van der Waals surface area (Å²) in [4.78, 5) is 6.40. The lowest BCUT2D eigenvalue weighted by Gasteiger charge is -2.29. The van der Waals surface area contributed by atoms with Gasteiger partial charge in [0.1, 0.15) is 11.5 Å². The number of sulfonamides is 1. The zero-order valence-electron chi connectivity index (χ0n) is 13.1. The van der Waals surface area contributed by atoms with Crippen LogP contribution in [0.25, 0.3) is 0 Å². The molecule has 0 bridgehead atoms. The number of hydrogen-bond donors (Lipinski definition) is 4. The highest BCUT2D eigenvalue weighted by atomic mass is 32.2. The third kappa shape index (κ3) is 3.70. The predicted octanol–water partition coefficient (Wildman–Crippen LogP) is 2.07. The number of nitrogens with one attached hydrogen (secondary N) is 2. The van der Waals surface area contributed by atoms with Crippen LogP contribution in [0.2, 0.25) is 0 Å². The van der Waals surface area contributed by atoms with Gasteiger partial charge in [0.15, 0.2) is 5.03 Å². The maximum atomic E-state index is 12.0. The van der Waals surface area contributed by atoms with Crippen LogP contribution in [0.5, 0.6) is 11.5 Å². The zero-order chi connectivity index (χ0) is 17.2. The highest BCUT2D eigenvalue weighted by Gasteiger charge is 2.26. The summed E-state index contributed by atoms with van der Waals surface area (Å²) in [6.45, 7) is 0.392. The van der Waals surface area contributed by atoms with Gasteiger partial charge >= 0.3 is 0 Å². The van der Waals surface area contributed by atoms with Gasteiger partial charge in [-0.1, -0.05) is 6.07 Å². The number of aromatic amines is 1. The number of benzene rings is 1. The van der Waals surface area contributed by atoms with E-state index in [0.717, 1.165) is 31.2 Å². The van der Waals surface area contributed by atoms with Gasteiger partial charge in [0.2, 0.25) is 0 Å². The lowest BCUT2D eigenvalue weighted by atomic mass is 9.78. The fourth-order valence-electron chi connectivity index (χ4n) is 3.25. The standard InChI is InChI=1S/C16H21N3O4S/c20-13-5-6-14(15(21)7-13)12-3-1-11(2-4-12)8-19-24(22,23)16-9-17-10-18-16/h5-7,9-12,19-21H,1-4,8H2,(H,17,18). The smallest absolute Gasteiger partial charge is 0.259 e. The van der Waals surface area contributed by atoms with E-state index in [1.165, 1.54) is 18.6 Å². The van der Waals surface area contributed by atoms with Crippen molar-refractivity contribution in [1.82, 2.24) is 14.7 Å². The van der Waals surface area contributed by atoms with Gasteiger partial charge in [-0.3, -0.25) is 0 Å². The predicted molar refractivity (Wildman–Crippen MR) is 88.2 cm³/mol. The van der Waals surface area contributed by atoms with Crippen molar-refractivity contribution < 1.29 is 18.6 Å². The van der Waals surface area contributed by atoms with E-state index in [2.05, 4.69) is 14.7 Å². The third-order valence-electron chi connectivity index (χ3n) is 4.61. The summed E-state index contributed by atoms with van der Waals surface area (Å²) < 4.78 is 26.7. The Balaban J connectivity index is 1.54. The average Bonchev–Trinajstić information content (AvgIpc) is 3.09. The second-order valence-electron chi connectivity index (χ2n) is 6.22. The first-order chi connectivity index (χ1) is 11.5. The van der Waals surface area contributed by atoms with Crippen molar-refractivity contribution in [2.45, 2.75) is 36.6 Å². The van der Waals surface area contributed by atoms with Crippen LogP contribution < -0.4 is 4.72 Å². The number of aromatic nitrogens is 2. The van der Waals surface area contributed by atoms with E-state index in [1.54, 1.807) is 12.1 Å². The molecule has 24 heavy (non-hydrogen) atoms. The minimum atomic E-state index is -3.55. The Morgan fingerprint density at radius 2 is 1.96 bits per heavy atom.